The van der Waals surface area contributed by atoms with E-state index in [9.17, 15) is 9.90 Å². The van der Waals surface area contributed by atoms with E-state index in [-0.39, 0.29) is 12.0 Å². The summed E-state index contributed by atoms with van der Waals surface area (Å²) in [6, 6.07) is 8.07. The Morgan fingerprint density at radius 1 is 1.21 bits per heavy atom. The smallest absolute Gasteiger partial charge is 0.255 e. The van der Waals surface area contributed by atoms with Crippen molar-refractivity contribution >= 4 is 16.8 Å². The second kappa shape index (κ2) is 6.87. The number of β-amino-alcohol motifs (C(OH)–C–C–N with tert-alkyl or cyclic N) is 1. The third-order valence-electron chi connectivity index (χ3n) is 4.58. The summed E-state index contributed by atoms with van der Waals surface area (Å²) in [7, 11) is 0. The largest absolute Gasteiger partial charge is 0.392 e. The highest BCUT2D eigenvalue weighted by molar-refractivity contribution is 5.98. The van der Waals surface area contributed by atoms with Crippen LogP contribution in [0.1, 0.15) is 28.5 Å². The Morgan fingerprint density at radius 2 is 1.92 bits per heavy atom. The minimum Gasteiger partial charge on any atom is -0.392 e. The van der Waals surface area contributed by atoms with E-state index in [0.29, 0.717) is 25.2 Å². The number of benzene rings is 1. The Morgan fingerprint density at radius 3 is 2.58 bits per heavy atom. The maximum Gasteiger partial charge on any atom is 0.255 e. The van der Waals surface area contributed by atoms with Crippen molar-refractivity contribution in [1.29, 1.82) is 0 Å². The summed E-state index contributed by atoms with van der Waals surface area (Å²) in [6.07, 6.45) is -0.331. The zero-order valence-corrected chi connectivity index (χ0v) is 14.6. The maximum absolute atomic E-state index is 12.9. The fraction of sp³-hybridized carbons (Fsp3) is 0.474. The molecule has 0 bridgehead atoms. The molecule has 1 aliphatic rings. The topological polar surface area (TPSA) is 56.7 Å². The number of hydrogen-bond acceptors (Lipinski definition) is 4. The fourth-order valence-electron chi connectivity index (χ4n) is 3.27. The predicted molar refractivity (Wildman–Crippen MR) is 95.2 cm³/mol. The number of rotatable bonds is 3. The average molecular weight is 327 g/mol. The molecule has 1 aliphatic heterocycles. The van der Waals surface area contributed by atoms with Crippen LogP contribution in [0.3, 0.4) is 0 Å². The van der Waals surface area contributed by atoms with E-state index >= 15 is 0 Å². The van der Waals surface area contributed by atoms with Crippen LogP contribution in [0.4, 0.5) is 0 Å². The lowest BCUT2D eigenvalue weighted by molar-refractivity contribution is 0.0553. The van der Waals surface area contributed by atoms with Crippen molar-refractivity contribution in [1.82, 2.24) is 14.8 Å². The Balaban J connectivity index is 1.77. The third-order valence-corrected chi connectivity index (χ3v) is 4.58. The molecule has 1 aromatic heterocycles. The van der Waals surface area contributed by atoms with Crippen molar-refractivity contribution in [2.75, 3.05) is 32.7 Å². The normalized spacial score (nSPS) is 17.2. The number of pyridine rings is 1. The molecular formula is C19H25N3O2. The maximum atomic E-state index is 12.9. The van der Waals surface area contributed by atoms with E-state index < -0.39 is 0 Å². The minimum absolute atomic E-state index is 0.0548. The van der Waals surface area contributed by atoms with Crippen molar-refractivity contribution < 1.29 is 9.90 Å². The van der Waals surface area contributed by atoms with Crippen molar-refractivity contribution in [2.24, 2.45) is 0 Å². The highest BCUT2D eigenvalue weighted by Crippen LogP contribution is 2.20. The molecule has 1 N–H and O–H groups in total. The first kappa shape index (κ1) is 16.9. The van der Waals surface area contributed by atoms with Crippen LogP contribution in [0.25, 0.3) is 10.9 Å². The number of amides is 1. The number of fused-ring (bicyclic) bond motifs is 1. The number of hydrogen-bond donors (Lipinski definition) is 1. The molecule has 0 spiro atoms. The van der Waals surface area contributed by atoms with Crippen LogP contribution < -0.4 is 0 Å². The van der Waals surface area contributed by atoms with Gasteiger partial charge in [0.15, 0.2) is 0 Å². The van der Waals surface area contributed by atoms with Crippen molar-refractivity contribution in [2.45, 2.75) is 26.9 Å². The highest BCUT2D eigenvalue weighted by atomic mass is 16.3. The third kappa shape index (κ3) is 3.57. The van der Waals surface area contributed by atoms with Gasteiger partial charge in [0, 0.05) is 38.1 Å². The molecule has 128 valence electrons. The monoisotopic (exact) mass is 327 g/mol. The van der Waals surface area contributed by atoms with Gasteiger partial charge in [-0.2, -0.15) is 0 Å². The van der Waals surface area contributed by atoms with Crippen molar-refractivity contribution in [3.05, 3.63) is 41.1 Å². The van der Waals surface area contributed by atoms with Gasteiger partial charge in [-0.15, -0.1) is 0 Å². The number of piperazine rings is 1. The summed E-state index contributed by atoms with van der Waals surface area (Å²) in [5, 5.41) is 10.5. The van der Waals surface area contributed by atoms with Crippen LogP contribution in [0.2, 0.25) is 0 Å². The SMILES string of the molecule is Cc1ccc2cc(C(=O)N3CCN(C[C@H](C)O)CC3)c(C)nc2c1. The van der Waals surface area contributed by atoms with E-state index in [1.165, 1.54) is 5.56 Å². The molecule has 0 unspecified atom stereocenters. The van der Waals surface area contributed by atoms with E-state index in [4.69, 9.17) is 0 Å². The number of carbonyl (C=O) groups excluding carboxylic acids is 1. The van der Waals surface area contributed by atoms with Crippen LogP contribution in [0, 0.1) is 13.8 Å². The molecule has 1 fully saturated rings. The number of aromatic nitrogens is 1. The molecule has 1 atom stereocenters. The first-order chi connectivity index (χ1) is 11.4. The number of aliphatic hydroxyl groups excluding tert-OH is 1. The lowest BCUT2D eigenvalue weighted by Crippen LogP contribution is -2.50. The minimum atomic E-state index is -0.331. The Labute approximate surface area is 142 Å². The molecule has 0 aliphatic carbocycles. The van der Waals surface area contributed by atoms with Gasteiger partial charge in [-0.05, 0) is 38.5 Å². The van der Waals surface area contributed by atoms with Crippen molar-refractivity contribution in [3.63, 3.8) is 0 Å². The molecule has 2 heterocycles. The summed E-state index contributed by atoms with van der Waals surface area (Å²) in [5.74, 6) is 0.0548. The van der Waals surface area contributed by atoms with E-state index in [1.54, 1.807) is 6.92 Å². The average Bonchev–Trinajstić information content (AvgIpc) is 2.53. The Hall–Kier alpha value is -1.98. The first-order valence-electron chi connectivity index (χ1n) is 8.52. The summed E-state index contributed by atoms with van der Waals surface area (Å²) in [4.78, 5) is 21.6. The lowest BCUT2D eigenvalue weighted by atomic mass is 10.1. The number of aryl methyl sites for hydroxylation is 2. The molecule has 1 amide bonds. The zero-order chi connectivity index (χ0) is 17.3. The second-order valence-electron chi connectivity index (χ2n) is 6.76. The molecule has 1 saturated heterocycles. The van der Waals surface area contributed by atoms with Crippen LogP contribution in [0.5, 0.6) is 0 Å². The molecular weight excluding hydrogens is 302 g/mol. The van der Waals surface area contributed by atoms with Gasteiger partial charge in [0.1, 0.15) is 0 Å². The standard InChI is InChI=1S/C19H25N3O2/c1-13-4-5-16-11-17(15(3)20-18(16)10-13)19(24)22-8-6-21(7-9-22)12-14(2)23/h4-5,10-11,14,23H,6-9,12H2,1-3H3/t14-/m0/s1. The first-order valence-corrected chi connectivity index (χ1v) is 8.52. The van der Waals surface area contributed by atoms with Gasteiger partial charge < -0.3 is 10.0 Å². The summed E-state index contributed by atoms with van der Waals surface area (Å²) in [6.45, 7) is 9.39. The molecule has 5 heteroatoms. The van der Waals surface area contributed by atoms with Crippen LogP contribution in [0.15, 0.2) is 24.3 Å². The zero-order valence-electron chi connectivity index (χ0n) is 14.6. The quantitative estimate of drug-likeness (QED) is 0.937. The Bertz CT molecular complexity index is 750. The van der Waals surface area contributed by atoms with Gasteiger partial charge in [0.2, 0.25) is 0 Å². The van der Waals surface area contributed by atoms with Gasteiger partial charge in [-0.1, -0.05) is 12.1 Å². The summed E-state index contributed by atoms with van der Waals surface area (Å²) in [5.41, 5.74) is 3.58. The Kier molecular flexibility index (Phi) is 4.83. The molecule has 5 nitrogen and oxygen atoms in total. The van der Waals surface area contributed by atoms with Crippen LogP contribution >= 0.6 is 0 Å². The van der Waals surface area contributed by atoms with E-state index in [2.05, 4.69) is 9.88 Å². The van der Waals surface area contributed by atoms with Crippen molar-refractivity contribution in [3.8, 4) is 0 Å². The van der Waals surface area contributed by atoms with E-state index in [1.807, 2.05) is 43.0 Å². The van der Waals surface area contributed by atoms with Crippen LogP contribution in [-0.2, 0) is 0 Å². The van der Waals surface area contributed by atoms with E-state index in [0.717, 1.165) is 29.7 Å². The highest BCUT2D eigenvalue weighted by Gasteiger charge is 2.24. The van der Waals surface area contributed by atoms with Gasteiger partial charge in [0.05, 0.1) is 22.9 Å². The molecule has 2 aromatic rings. The second-order valence-corrected chi connectivity index (χ2v) is 6.76. The van der Waals surface area contributed by atoms with Gasteiger partial charge in [-0.25, -0.2) is 0 Å². The molecule has 0 radical (unpaired) electrons. The fourth-order valence-corrected chi connectivity index (χ4v) is 3.27. The molecule has 3 rings (SSSR count). The molecule has 0 saturated carbocycles. The van der Waals surface area contributed by atoms with Gasteiger partial charge in [0.25, 0.3) is 5.91 Å². The molecule has 1 aromatic carbocycles. The molecule has 24 heavy (non-hydrogen) atoms. The van der Waals surface area contributed by atoms with Gasteiger partial charge in [-0.3, -0.25) is 14.7 Å². The summed E-state index contributed by atoms with van der Waals surface area (Å²) >= 11 is 0. The van der Waals surface area contributed by atoms with Crippen LogP contribution in [-0.4, -0.2) is 64.6 Å². The predicted octanol–water partition coefficient (Wildman–Crippen LogP) is 1.99. The number of carbonyl (C=O) groups is 1. The van der Waals surface area contributed by atoms with Gasteiger partial charge >= 0.3 is 0 Å². The number of aliphatic hydroxyl groups is 1. The lowest BCUT2D eigenvalue weighted by Gasteiger charge is -2.35. The number of nitrogens with zero attached hydrogens (tertiary/aromatic N) is 3. The summed E-state index contributed by atoms with van der Waals surface area (Å²) < 4.78 is 0.